The first-order valence-corrected chi connectivity index (χ1v) is 9.90. The van der Waals surface area contributed by atoms with E-state index in [-0.39, 0.29) is 17.9 Å². The van der Waals surface area contributed by atoms with Gasteiger partial charge in [0.05, 0.1) is 0 Å². The summed E-state index contributed by atoms with van der Waals surface area (Å²) in [5.41, 5.74) is 1.27. The fraction of sp³-hybridized carbons (Fsp3) is 0.684. The Hall–Kier alpha value is -1.36. The van der Waals surface area contributed by atoms with Crippen LogP contribution in [0.5, 0.6) is 0 Å². The number of ether oxygens (including phenoxy) is 1. The zero-order chi connectivity index (χ0) is 17.3. The SMILES string of the molecule is C[C@@H]1[C@H](C)CCC[C@H]1NC(=O)[C@@H](C)OC(=O)c1cc2c(s1)CCC2. The van der Waals surface area contributed by atoms with E-state index < -0.39 is 6.10 Å². The second-order valence-corrected chi connectivity index (χ2v) is 8.48. The summed E-state index contributed by atoms with van der Waals surface area (Å²) >= 11 is 1.51. The molecule has 0 bridgehead atoms. The minimum atomic E-state index is -0.751. The van der Waals surface area contributed by atoms with Crippen LogP contribution in [0.3, 0.4) is 0 Å². The number of amides is 1. The summed E-state index contributed by atoms with van der Waals surface area (Å²) < 4.78 is 5.40. The Balaban J connectivity index is 1.54. The van der Waals surface area contributed by atoms with Gasteiger partial charge in [-0.25, -0.2) is 4.79 Å². The van der Waals surface area contributed by atoms with Crippen LogP contribution in [0.1, 0.15) is 66.6 Å². The van der Waals surface area contributed by atoms with Gasteiger partial charge in [-0.2, -0.15) is 0 Å². The molecule has 1 N–H and O–H groups in total. The van der Waals surface area contributed by atoms with Gasteiger partial charge in [0.15, 0.2) is 6.10 Å². The van der Waals surface area contributed by atoms with Gasteiger partial charge in [-0.05, 0) is 56.1 Å². The number of hydrogen-bond acceptors (Lipinski definition) is 4. The summed E-state index contributed by atoms with van der Waals surface area (Å²) in [7, 11) is 0. The van der Waals surface area contributed by atoms with Crippen LogP contribution in [0.4, 0.5) is 0 Å². The highest BCUT2D eigenvalue weighted by molar-refractivity contribution is 7.14. The maximum absolute atomic E-state index is 12.4. The Morgan fingerprint density at radius 2 is 2.04 bits per heavy atom. The third kappa shape index (κ3) is 3.66. The fourth-order valence-corrected chi connectivity index (χ4v) is 4.92. The molecule has 4 atom stereocenters. The molecule has 0 spiro atoms. The molecule has 132 valence electrons. The molecule has 0 radical (unpaired) electrons. The van der Waals surface area contributed by atoms with Crippen molar-refractivity contribution in [1.29, 1.82) is 0 Å². The maximum Gasteiger partial charge on any atom is 0.349 e. The number of carbonyl (C=O) groups is 2. The zero-order valence-electron chi connectivity index (χ0n) is 14.8. The first-order valence-electron chi connectivity index (χ1n) is 9.08. The number of nitrogens with one attached hydrogen (secondary N) is 1. The molecular weight excluding hydrogens is 322 g/mol. The molecule has 1 aromatic heterocycles. The second kappa shape index (κ2) is 7.26. The molecule has 3 rings (SSSR count). The van der Waals surface area contributed by atoms with Gasteiger partial charge in [-0.15, -0.1) is 11.3 Å². The minimum absolute atomic E-state index is 0.182. The van der Waals surface area contributed by atoms with Crippen LogP contribution < -0.4 is 5.32 Å². The van der Waals surface area contributed by atoms with E-state index >= 15 is 0 Å². The molecule has 2 aliphatic rings. The van der Waals surface area contributed by atoms with E-state index in [4.69, 9.17) is 4.74 Å². The van der Waals surface area contributed by atoms with E-state index in [1.165, 1.54) is 34.6 Å². The van der Waals surface area contributed by atoms with E-state index in [0.717, 1.165) is 25.7 Å². The van der Waals surface area contributed by atoms with Crippen molar-refractivity contribution < 1.29 is 14.3 Å². The Labute approximate surface area is 148 Å². The number of thiophene rings is 1. The number of fused-ring (bicyclic) bond motifs is 1. The highest BCUT2D eigenvalue weighted by Gasteiger charge is 2.30. The first-order chi connectivity index (χ1) is 11.5. The normalized spacial score (nSPS) is 27.4. The van der Waals surface area contributed by atoms with Crippen molar-refractivity contribution in [2.75, 3.05) is 0 Å². The molecule has 2 aliphatic carbocycles. The Bertz CT molecular complexity index is 603. The Morgan fingerprint density at radius 3 is 2.79 bits per heavy atom. The first kappa shape index (κ1) is 17.5. The van der Waals surface area contributed by atoms with E-state index in [9.17, 15) is 9.59 Å². The van der Waals surface area contributed by atoms with Crippen LogP contribution in [0.25, 0.3) is 0 Å². The zero-order valence-corrected chi connectivity index (χ0v) is 15.6. The summed E-state index contributed by atoms with van der Waals surface area (Å²) in [6.45, 7) is 6.09. The maximum atomic E-state index is 12.4. The number of carbonyl (C=O) groups excluding carboxylic acids is 2. The molecule has 4 nitrogen and oxygen atoms in total. The highest BCUT2D eigenvalue weighted by Crippen LogP contribution is 2.31. The minimum Gasteiger partial charge on any atom is -0.448 e. The van der Waals surface area contributed by atoms with E-state index in [0.29, 0.717) is 16.7 Å². The molecule has 0 aromatic carbocycles. The molecule has 24 heavy (non-hydrogen) atoms. The summed E-state index contributed by atoms with van der Waals surface area (Å²) in [6.07, 6.45) is 5.91. The number of aryl methyl sites for hydroxylation is 2. The molecular formula is C19H27NO3S. The van der Waals surface area contributed by atoms with E-state index in [2.05, 4.69) is 19.2 Å². The molecule has 1 amide bonds. The number of esters is 1. The largest absolute Gasteiger partial charge is 0.448 e. The fourth-order valence-electron chi connectivity index (χ4n) is 3.79. The van der Waals surface area contributed by atoms with Gasteiger partial charge >= 0.3 is 5.97 Å². The van der Waals surface area contributed by atoms with Gasteiger partial charge in [0.25, 0.3) is 5.91 Å². The van der Waals surface area contributed by atoms with Crippen molar-refractivity contribution in [3.05, 3.63) is 21.4 Å². The van der Waals surface area contributed by atoms with Crippen molar-refractivity contribution in [3.63, 3.8) is 0 Å². The third-order valence-corrected chi connectivity index (χ3v) is 6.85. The van der Waals surface area contributed by atoms with Crippen LogP contribution >= 0.6 is 11.3 Å². The van der Waals surface area contributed by atoms with Crippen molar-refractivity contribution >= 4 is 23.2 Å². The van der Waals surface area contributed by atoms with Crippen molar-refractivity contribution in [2.24, 2.45) is 11.8 Å². The van der Waals surface area contributed by atoms with Crippen LogP contribution in [-0.4, -0.2) is 24.0 Å². The molecule has 0 unspecified atom stereocenters. The van der Waals surface area contributed by atoms with Crippen LogP contribution in [0.2, 0.25) is 0 Å². The van der Waals surface area contributed by atoms with Gasteiger partial charge in [0.1, 0.15) is 4.88 Å². The molecule has 1 fully saturated rings. The van der Waals surface area contributed by atoms with E-state index in [1.807, 2.05) is 6.07 Å². The van der Waals surface area contributed by atoms with Gasteiger partial charge in [-0.3, -0.25) is 4.79 Å². The lowest BCUT2D eigenvalue weighted by Crippen LogP contribution is -2.47. The molecule has 0 aliphatic heterocycles. The molecule has 0 saturated heterocycles. The average Bonchev–Trinajstić information content (AvgIpc) is 3.13. The topological polar surface area (TPSA) is 55.4 Å². The standard InChI is InChI=1S/C19H27NO3S/c1-11-6-4-8-15(12(11)2)20-18(21)13(3)23-19(22)17-10-14-7-5-9-16(14)24-17/h10-13,15H,4-9H2,1-3H3,(H,20,21)/t11-,12-,13-,15-/m1/s1. The lowest BCUT2D eigenvalue weighted by Gasteiger charge is -2.35. The summed E-state index contributed by atoms with van der Waals surface area (Å²) in [4.78, 5) is 26.6. The number of hydrogen-bond donors (Lipinski definition) is 1. The lowest BCUT2D eigenvalue weighted by atomic mass is 9.78. The summed E-state index contributed by atoms with van der Waals surface area (Å²) in [5.74, 6) is 0.529. The molecule has 1 heterocycles. The van der Waals surface area contributed by atoms with Gasteiger partial charge in [0.2, 0.25) is 0 Å². The molecule has 1 aromatic rings. The monoisotopic (exact) mass is 349 g/mol. The highest BCUT2D eigenvalue weighted by atomic mass is 32.1. The Morgan fingerprint density at radius 1 is 1.25 bits per heavy atom. The van der Waals surface area contributed by atoms with Crippen molar-refractivity contribution in [1.82, 2.24) is 5.32 Å². The van der Waals surface area contributed by atoms with Crippen LogP contribution in [0.15, 0.2) is 6.07 Å². The lowest BCUT2D eigenvalue weighted by molar-refractivity contribution is -0.130. The smallest absolute Gasteiger partial charge is 0.349 e. The predicted molar refractivity (Wildman–Crippen MR) is 95.3 cm³/mol. The average molecular weight is 349 g/mol. The Kier molecular flexibility index (Phi) is 5.28. The molecule has 1 saturated carbocycles. The van der Waals surface area contributed by atoms with Crippen molar-refractivity contribution in [3.8, 4) is 0 Å². The second-order valence-electron chi connectivity index (χ2n) is 7.34. The quantitative estimate of drug-likeness (QED) is 0.843. The van der Waals surface area contributed by atoms with E-state index in [1.54, 1.807) is 6.92 Å². The van der Waals surface area contributed by atoms with Crippen LogP contribution in [-0.2, 0) is 22.4 Å². The van der Waals surface area contributed by atoms with Gasteiger partial charge in [0, 0.05) is 10.9 Å². The van der Waals surface area contributed by atoms with Gasteiger partial charge in [-0.1, -0.05) is 26.7 Å². The van der Waals surface area contributed by atoms with Crippen molar-refractivity contribution in [2.45, 2.75) is 71.4 Å². The molecule has 5 heteroatoms. The summed E-state index contributed by atoms with van der Waals surface area (Å²) in [5, 5.41) is 3.08. The van der Waals surface area contributed by atoms with Gasteiger partial charge < -0.3 is 10.1 Å². The third-order valence-electron chi connectivity index (χ3n) is 5.64. The summed E-state index contributed by atoms with van der Waals surface area (Å²) in [6, 6.07) is 2.12. The predicted octanol–water partition coefficient (Wildman–Crippen LogP) is 3.72. The van der Waals surface area contributed by atoms with Crippen LogP contribution in [0, 0.1) is 11.8 Å². The number of rotatable bonds is 4.